The number of ether oxygens (including phenoxy) is 1. The molecule has 3 rings (SSSR count). The van der Waals surface area contributed by atoms with Crippen LogP contribution in [0, 0.1) is 18.3 Å². The number of hydrogen-bond acceptors (Lipinski definition) is 4. The average Bonchev–Trinajstić information content (AvgIpc) is 2.58. The first kappa shape index (κ1) is 17.9. The summed E-state index contributed by atoms with van der Waals surface area (Å²) >= 11 is 6.15. The number of methoxy groups -OCH3 is 1. The Labute approximate surface area is 151 Å². The number of pyridine rings is 1. The van der Waals surface area contributed by atoms with E-state index in [0.29, 0.717) is 22.0 Å². The molecule has 122 valence electrons. The molecule has 0 saturated carbocycles. The Balaban J connectivity index is 0.00000208. The molecule has 0 bridgehead atoms. The van der Waals surface area contributed by atoms with Crippen LogP contribution in [0.5, 0.6) is 5.75 Å². The van der Waals surface area contributed by atoms with Gasteiger partial charge in [-0.25, -0.2) is 0 Å². The van der Waals surface area contributed by atoms with Crippen LogP contribution in [0.15, 0.2) is 42.6 Å². The lowest BCUT2D eigenvalue weighted by atomic mass is 10.1. The van der Waals surface area contributed by atoms with Gasteiger partial charge in [-0.3, -0.25) is 4.98 Å². The number of anilines is 2. The molecule has 3 aromatic rings. The summed E-state index contributed by atoms with van der Waals surface area (Å²) in [6.07, 6.45) is 1.57. The van der Waals surface area contributed by atoms with Gasteiger partial charge in [-0.15, -0.1) is 12.4 Å². The second-order valence-electron chi connectivity index (χ2n) is 5.10. The molecule has 0 saturated heterocycles. The minimum atomic E-state index is 0. The number of halogens is 2. The minimum Gasteiger partial charge on any atom is -0.495 e. The molecule has 0 aliphatic carbocycles. The van der Waals surface area contributed by atoms with Gasteiger partial charge >= 0.3 is 0 Å². The molecular formula is C18H15Cl2N3O. The SMILES string of the molecule is COc1cc(Cl)c(C)cc1Nc1c(C#N)cnc2ccccc12.Cl. The summed E-state index contributed by atoms with van der Waals surface area (Å²) in [5, 5.41) is 14.2. The lowest BCUT2D eigenvalue weighted by molar-refractivity contribution is 0.417. The van der Waals surface area contributed by atoms with Crippen LogP contribution < -0.4 is 10.1 Å². The Morgan fingerprint density at radius 2 is 2.00 bits per heavy atom. The number of benzene rings is 2. The Kier molecular flexibility index (Phi) is 5.50. The van der Waals surface area contributed by atoms with Crippen LogP contribution in [0.3, 0.4) is 0 Å². The van der Waals surface area contributed by atoms with Crippen molar-refractivity contribution in [2.75, 3.05) is 12.4 Å². The van der Waals surface area contributed by atoms with Gasteiger partial charge in [0.15, 0.2) is 0 Å². The zero-order valence-corrected chi connectivity index (χ0v) is 14.7. The Morgan fingerprint density at radius 1 is 1.25 bits per heavy atom. The van der Waals surface area contributed by atoms with E-state index in [1.54, 1.807) is 19.4 Å². The predicted molar refractivity (Wildman–Crippen MR) is 99.7 cm³/mol. The molecule has 2 aromatic carbocycles. The van der Waals surface area contributed by atoms with E-state index in [2.05, 4.69) is 16.4 Å². The maximum atomic E-state index is 9.40. The number of rotatable bonds is 3. The van der Waals surface area contributed by atoms with Gasteiger partial charge in [-0.05, 0) is 24.6 Å². The molecule has 4 nitrogen and oxygen atoms in total. The van der Waals surface area contributed by atoms with Crippen LogP contribution in [-0.2, 0) is 0 Å². The molecule has 0 fully saturated rings. The normalized spacial score (nSPS) is 9.92. The van der Waals surface area contributed by atoms with Crippen LogP contribution in [0.2, 0.25) is 5.02 Å². The molecule has 24 heavy (non-hydrogen) atoms. The molecule has 0 unspecified atom stereocenters. The van der Waals surface area contributed by atoms with Gasteiger partial charge in [-0.2, -0.15) is 5.26 Å². The van der Waals surface area contributed by atoms with Gasteiger partial charge in [0.1, 0.15) is 11.8 Å². The van der Waals surface area contributed by atoms with E-state index in [9.17, 15) is 5.26 Å². The van der Waals surface area contributed by atoms with Gasteiger partial charge in [0, 0.05) is 22.7 Å². The van der Waals surface area contributed by atoms with E-state index in [1.165, 1.54) is 0 Å². The molecule has 6 heteroatoms. The van der Waals surface area contributed by atoms with Crippen molar-refractivity contribution in [3.05, 3.63) is 58.7 Å². The van der Waals surface area contributed by atoms with Crippen molar-refractivity contribution < 1.29 is 4.74 Å². The number of aromatic nitrogens is 1. The molecule has 0 amide bonds. The van der Waals surface area contributed by atoms with E-state index in [1.807, 2.05) is 37.3 Å². The highest BCUT2D eigenvalue weighted by molar-refractivity contribution is 6.31. The van der Waals surface area contributed by atoms with Crippen molar-refractivity contribution in [2.24, 2.45) is 0 Å². The Morgan fingerprint density at radius 3 is 2.71 bits per heavy atom. The lowest BCUT2D eigenvalue weighted by Crippen LogP contribution is -1.99. The topological polar surface area (TPSA) is 57.9 Å². The van der Waals surface area contributed by atoms with Crippen molar-refractivity contribution in [1.82, 2.24) is 4.98 Å². The molecule has 0 aliphatic rings. The number of nitrogens with one attached hydrogen (secondary N) is 1. The summed E-state index contributed by atoms with van der Waals surface area (Å²) in [5.74, 6) is 0.616. The van der Waals surface area contributed by atoms with Gasteiger partial charge < -0.3 is 10.1 Å². The van der Waals surface area contributed by atoms with E-state index in [4.69, 9.17) is 16.3 Å². The fraction of sp³-hybridized carbons (Fsp3) is 0.111. The van der Waals surface area contributed by atoms with E-state index >= 15 is 0 Å². The van der Waals surface area contributed by atoms with E-state index in [-0.39, 0.29) is 12.4 Å². The molecule has 1 N–H and O–H groups in total. The van der Waals surface area contributed by atoms with Crippen LogP contribution in [0.25, 0.3) is 10.9 Å². The van der Waals surface area contributed by atoms with Crippen LogP contribution in [0.1, 0.15) is 11.1 Å². The number of nitrogens with zero attached hydrogens (tertiary/aromatic N) is 2. The zero-order valence-electron chi connectivity index (χ0n) is 13.1. The second-order valence-corrected chi connectivity index (χ2v) is 5.51. The summed E-state index contributed by atoms with van der Waals surface area (Å²) in [5.41, 5.74) is 3.67. The van der Waals surface area contributed by atoms with Gasteiger partial charge in [0.2, 0.25) is 0 Å². The third-order valence-electron chi connectivity index (χ3n) is 3.64. The number of fused-ring (bicyclic) bond motifs is 1. The number of para-hydroxylation sites is 1. The Bertz CT molecular complexity index is 935. The van der Waals surface area contributed by atoms with Crippen LogP contribution in [0.4, 0.5) is 11.4 Å². The maximum Gasteiger partial charge on any atom is 0.143 e. The summed E-state index contributed by atoms with van der Waals surface area (Å²) < 4.78 is 5.39. The summed E-state index contributed by atoms with van der Waals surface area (Å²) in [6, 6.07) is 13.5. The summed E-state index contributed by atoms with van der Waals surface area (Å²) in [6.45, 7) is 1.92. The van der Waals surface area contributed by atoms with Gasteiger partial charge in [-0.1, -0.05) is 29.8 Å². The Hall–Kier alpha value is -2.48. The fourth-order valence-corrected chi connectivity index (χ4v) is 2.58. The van der Waals surface area contributed by atoms with E-state index in [0.717, 1.165) is 22.2 Å². The molecular weight excluding hydrogens is 345 g/mol. The maximum absolute atomic E-state index is 9.40. The fourth-order valence-electron chi connectivity index (χ4n) is 2.43. The van der Waals surface area contributed by atoms with Crippen molar-refractivity contribution in [3.63, 3.8) is 0 Å². The van der Waals surface area contributed by atoms with Crippen LogP contribution >= 0.6 is 24.0 Å². The third-order valence-corrected chi connectivity index (χ3v) is 4.04. The monoisotopic (exact) mass is 359 g/mol. The molecule has 1 heterocycles. The smallest absolute Gasteiger partial charge is 0.143 e. The molecule has 0 aliphatic heterocycles. The van der Waals surface area contributed by atoms with Gasteiger partial charge in [0.05, 0.1) is 29.6 Å². The number of nitriles is 1. The van der Waals surface area contributed by atoms with E-state index < -0.39 is 0 Å². The standard InChI is InChI=1S/C18H14ClN3O.ClH/c1-11-7-16(17(23-2)8-14(11)19)22-18-12(9-20)10-21-15-6-4-3-5-13(15)18;/h3-8,10H,1-2H3,(H,21,22);1H. The highest BCUT2D eigenvalue weighted by Gasteiger charge is 2.13. The zero-order chi connectivity index (χ0) is 16.4. The average molecular weight is 360 g/mol. The van der Waals surface area contributed by atoms with Crippen molar-refractivity contribution in [2.45, 2.75) is 6.92 Å². The first-order valence-electron chi connectivity index (χ1n) is 7.03. The molecule has 0 atom stereocenters. The number of aryl methyl sites for hydroxylation is 1. The first-order chi connectivity index (χ1) is 11.1. The summed E-state index contributed by atoms with van der Waals surface area (Å²) in [4.78, 5) is 4.31. The quantitative estimate of drug-likeness (QED) is 0.694. The molecule has 0 radical (unpaired) electrons. The number of hydrogen-bond donors (Lipinski definition) is 1. The van der Waals surface area contributed by atoms with Crippen LogP contribution in [-0.4, -0.2) is 12.1 Å². The van der Waals surface area contributed by atoms with Crippen molar-refractivity contribution in [3.8, 4) is 11.8 Å². The van der Waals surface area contributed by atoms with Crippen molar-refractivity contribution >= 4 is 46.3 Å². The lowest BCUT2D eigenvalue weighted by Gasteiger charge is -2.15. The largest absolute Gasteiger partial charge is 0.495 e. The highest BCUT2D eigenvalue weighted by atomic mass is 35.5. The molecule has 1 aromatic heterocycles. The highest BCUT2D eigenvalue weighted by Crippen LogP contribution is 2.36. The van der Waals surface area contributed by atoms with Crippen molar-refractivity contribution in [1.29, 1.82) is 5.26 Å². The third kappa shape index (κ3) is 3.23. The van der Waals surface area contributed by atoms with Gasteiger partial charge in [0.25, 0.3) is 0 Å². The molecule has 0 spiro atoms. The predicted octanol–water partition coefficient (Wildman–Crippen LogP) is 5.24. The second kappa shape index (κ2) is 7.39. The summed E-state index contributed by atoms with van der Waals surface area (Å²) in [7, 11) is 1.59. The first-order valence-corrected chi connectivity index (χ1v) is 7.41. The minimum absolute atomic E-state index is 0.